The van der Waals surface area contributed by atoms with E-state index in [1.165, 1.54) is 31.2 Å². The van der Waals surface area contributed by atoms with Gasteiger partial charge >= 0.3 is 12.4 Å². The molecule has 136 valence electrons. The zero-order valence-corrected chi connectivity index (χ0v) is 12.8. The van der Waals surface area contributed by atoms with Crippen molar-refractivity contribution in [3.05, 3.63) is 42.0 Å². The first-order valence-electron chi connectivity index (χ1n) is 7.11. The molecule has 0 aliphatic heterocycles. The van der Waals surface area contributed by atoms with Crippen molar-refractivity contribution in [1.29, 1.82) is 0 Å². The molecule has 0 fully saturated rings. The van der Waals surface area contributed by atoms with E-state index in [2.05, 4.69) is 5.32 Å². The molecule has 2 aromatic rings. The van der Waals surface area contributed by atoms with Crippen LogP contribution in [0.4, 0.5) is 32.0 Å². The molecule has 0 saturated carbocycles. The third-order valence-corrected chi connectivity index (χ3v) is 3.72. The van der Waals surface area contributed by atoms with Crippen LogP contribution in [0.5, 0.6) is 0 Å². The summed E-state index contributed by atoms with van der Waals surface area (Å²) in [7, 11) is 0. The molecule has 2 aromatic carbocycles. The Hall–Kier alpha value is -2.29. The maximum absolute atomic E-state index is 13.2. The Morgan fingerprint density at radius 3 is 2.08 bits per heavy atom. The molecule has 0 saturated heterocycles. The Morgan fingerprint density at radius 1 is 1.00 bits per heavy atom. The van der Waals surface area contributed by atoms with Crippen LogP contribution in [0, 0.1) is 0 Å². The average molecular weight is 365 g/mol. The fourth-order valence-corrected chi connectivity index (χ4v) is 2.40. The Morgan fingerprint density at radius 2 is 1.56 bits per heavy atom. The lowest BCUT2D eigenvalue weighted by molar-refractivity contribution is -0.375. The van der Waals surface area contributed by atoms with Gasteiger partial charge in [0.1, 0.15) is 0 Å². The molecule has 2 rings (SSSR count). The summed E-state index contributed by atoms with van der Waals surface area (Å²) < 4.78 is 79.2. The normalized spacial score (nSPS) is 13.1. The van der Waals surface area contributed by atoms with E-state index in [1.54, 1.807) is 0 Å². The van der Waals surface area contributed by atoms with Gasteiger partial charge in [-0.05, 0) is 5.39 Å². The second-order valence-electron chi connectivity index (χ2n) is 5.32. The van der Waals surface area contributed by atoms with Crippen LogP contribution in [-0.4, -0.2) is 23.4 Å². The molecule has 0 spiro atoms. The van der Waals surface area contributed by atoms with E-state index in [-0.39, 0.29) is 11.8 Å². The van der Waals surface area contributed by atoms with E-state index in [0.29, 0.717) is 11.5 Å². The summed E-state index contributed by atoms with van der Waals surface area (Å²) in [5.41, 5.74) is -7.32. The minimum atomic E-state index is -6.04. The summed E-state index contributed by atoms with van der Waals surface area (Å²) in [6.07, 6.45) is -12.3. The van der Waals surface area contributed by atoms with Crippen molar-refractivity contribution in [2.24, 2.45) is 0 Å². The highest BCUT2D eigenvalue weighted by molar-refractivity contribution is 6.03. The van der Waals surface area contributed by atoms with E-state index in [1.807, 2.05) is 0 Å². The number of carbonyl (C=O) groups excluding carboxylic acids is 1. The van der Waals surface area contributed by atoms with Gasteiger partial charge in [-0.15, -0.1) is 0 Å². The smallest absolute Gasteiger partial charge is 0.369 e. The SMILES string of the molecule is CCC(=O)Nc1c(C(O)(C(F)(F)F)C(F)(F)F)ccc2ccccc12. The standard InChI is InChI=1S/C16H13F6NO2/c1-2-12(24)23-13-10-6-4-3-5-9(10)7-8-11(13)14(25,15(17,18)19)16(20,21)22/h3-8,25H,2H2,1H3,(H,23,24). The van der Waals surface area contributed by atoms with Gasteiger partial charge in [-0.1, -0.05) is 43.3 Å². The van der Waals surface area contributed by atoms with E-state index in [9.17, 15) is 36.2 Å². The number of fused-ring (bicyclic) bond motifs is 1. The highest BCUT2D eigenvalue weighted by Crippen LogP contribution is 2.52. The summed E-state index contributed by atoms with van der Waals surface area (Å²) in [5.74, 6) is -0.788. The Labute approximate surface area is 138 Å². The van der Waals surface area contributed by atoms with Gasteiger partial charge in [0.05, 0.1) is 5.69 Å². The molecule has 0 aromatic heterocycles. The van der Waals surface area contributed by atoms with Gasteiger partial charge in [-0.2, -0.15) is 26.3 Å². The van der Waals surface area contributed by atoms with Crippen molar-refractivity contribution in [3.8, 4) is 0 Å². The Kier molecular flexibility index (Phi) is 4.73. The van der Waals surface area contributed by atoms with Gasteiger partial charge in [0, 0.05) is 17.4 Å². The Balaban J connectivity index is 2.88. The predicted molar refractivity (Wildman–Crippen MR) is 78.9 cm³/mol. The van der Waals surface area contributed by atoms with Gasteiger partial charge in [0.15, 0.2) is 0 Å². The summed E-state index contributed by atoms with van der Waals surface area (Å²) in [5, 5.41) is 12.0. The molecule has 0 radical (unpaired) electrons. The molecule has 25 heavy (non-hydrogen) atoms. The fraction of sp³-hybridized carbons (Fsp3) is 0.312. The number of nitrogens with one attached hydrogen (secondary N) is 1. The minimum Gasteiger partial charge on any atom is -0.369 e. The molecular formula is C16H13F6NO2. The number of benzene rings is 2. The van der Waals surface area contributed by atoms with Gasteiger partial charge in [0.2, 0.25) is 5.91 Å². The first-order valence-corrected chi connectivity index (χ1v) is 7.11. The van der Waals surface area contributed by atoms with Crippen molar-refractivity contribution in [2.45, 2.75) is 31.3 Å². The number of anilines is 1. The van der Waals surface area contributed by atoms with E-state index < -0.39 is 35.1 Å². The number of rotatable bonds is 3. The van der Waals surface area contributed by atoms with Crippen molar-refractivity contribution in [3.63, 3.8) is 0 Å². The van der Waals surface area contributed by atoms with Crippen molar-refractivity contribution < 1.29 is 36.2 Å². The van der Waals surface area contributed by atoms with Crippen molar-refractivity contribution in [1.82, 2.24) is 0 Å². The van der Waals surface area contributed by atoms with E-state index in [0.717, 1.165) is 6.07 Å². The zero-order chi connectivity index (χ0) is 19.0. The molecule has 1 amide bonds. The number of hydrogen-bond acceptors (Lipinski definition) is 2. The molecule has 0 aliphatic carbocycles. The molecule has 0 aliphatic rings. The first-order chi connectivity index (χ1) is 11.4. The number of carbonyl (C=O) groups is 1. The predicted octanol–water partition coefficient (Wildman–Crippen LogP) is 4.50. The summed E-state index contributed by atoms with van der Waals surface area (Å²) >= 11 is 0. The maximum atomic E-state index is 13.2. The summed E-state index contributed by atoms with van der Waals surface area (Å²) in [6.45, 7) is 1.39. The van der Waals surface area contributed by atoms with Crippen LogP contribution >= 0.6 is 0 Å². The molecule has 0 atom stereocenters. The van der Waals surface area contributed by atoms with Gasteiger partial charge < -0.3 is 10.4 Å². The second-order valence-corrected chi connectivity index (χ2v) is 5.32. The summed E-state index contributed by atoms with van der Waals surface area (Å²) in [4.78, 5) is 11.6. The highest BCUT2D eigenvalue weighted by atomic mass is 19.4. The lowest BCUT2D eigenvalue weighted by Crippen LogP contribution is -2.54. The zero-order valence-electron chi connectivity index (χ0n) is 12.8. The van der Waals surface area contributed by atoms with E-state index >= 15 is 0 Å². The van der Waals surface area contributed by atoms with Gasteiger partial charge in [-0.25, -0.2) is 0 Å². The monoisotopic (exact) mass is 365 g/mol. The molecule has 2 N–H and O–H groups in total. The first kappa shape index (κ1) is 19.0. The average Bonchev–Trinajstić information content (AvgIpc) is 2.52. The lowest BCUT2D eigenvalue weighted by Gasteiger charge is -2.34. The molecule has 9 heteroatoms. The van der Waals surface area contributed by atoms with Crippen LogP contribution in [0.1, 0.15) is 18.9 Å². The van der Waals surface area contributed by atoms with E-state index in [4.69, 9.17) is 0 Å². The largest absolute Gasteiger partial charge is 0.430 e. The van der Waals surface area contributed by atoms with Gasteiger partial charge in [0.25, 0.3) is 5.60 Å². The van der Waals surface area contributed by atoms with Crippen LogP contribution in [0.3, 0.4) is 0 Å². The molecule has 0 heterocycles. The van der Waals surface area contributed by atoms with Crippen LogP contribution in [0.15, 0.2) is 36.4 Å². The number of alkyl halides is 6. The summed E-state index contributed by atoms with van der Waals surface area (Å²) in [6, 6.07) is 7.20. The Bertz CT molecular complexity index is 783. The topological polar surface area (TPSA) is 49.3 Å². The second kappa shape index (κ2) is 6.21. The molecule has 0 unspecified atom stereocenters. The van der Waals surface area contributed by atoms with Crippen molar-refractivity contribution in [2.75, 3.05) is 5.32 Å². The number of amides is 1. The fourth-order valence-electron chi connectivity index (χ4n) is 2.40. The van der Waals surface area contributed by atoms with Gasteiger partial charge in [-0.3, -0.25) is 4.79 Å². The van der Waals surface area contributed by atoms with Crippen LogP contribution < -0.4 is 5.32 Å². The third-order valence-electron chi connectivity index (χ3n) is 3.72. The molecule has 3 nitrogen and oxygen atoms in total. The molecule has 0 bridgehead atoms. The van der Waals surface area contributed by atoms with Crippen LogP contribution in [0.25, 0.3) is 10.8 Å². The molecular weight excluding hydrogens is 352 g/mol. The minimum absolute atomic E-state index is 0.0475. The quantitative estimate of drug-likeness (QED) is 0.787. The number of halogens is 6. The third kappa shape index (κ3) is 3.15. The highest BCUT2D eigenvalue weighted by Gasteiger charge is 2.72. The van der Waals surface area contributed by atoms with Crippen molar-refractivity contribution >= 4 is 22.4 Å². The van der Waals surface area contributed by atoms with Crippen LogP contribution in [0.2, 0.25) is 0 Å². The number of hydrogen-bond donors (Lipinski definition) is 2. The number of aliphatic hydroxyl groups is 1. The van der Waals surface area contributed by atoms with Crippen LogP contribution in [-0.2, 0) is 10.4 Å². The lowest BCUT2D eigenvalue weighted by atomic mass is 9.88. The maximum Gasteiger partial charge on any atom is 0.430 e.